The molecule has 3 rings (SSSR count). The number of thiophene rings is 1. The van der Waals surface area contributed by atoms with Crippen LogP contribution in [0.3, 0.4) is 0 Å². The number of amides is 1. The lowest BCUT2D eigenvalue weighted by Gasteiger charge is -2.14. The van der Waals surface area contributed by atoms with Gasteiger partial charge in [-0.25, -0.2) is 4.79 Å². The molecule has 5 nitrogen and oxygen atoms in total. The van der Waals surface area contributed by atoms with E-state index in [1.807, 2.05) is 49.9 Å². The van der Waals surface area contributed by atoms with Crippen LogP contribution in [0.2, 0.25) is 0 Å². The van der Waals surface area contributed by atoms with E-state index >= 15 is 0 Å². The molecule has 0 saturated carbocycles. The number of rotatable bonds is 5. The highest BCUT2D eigenvalue weighted by molar-refractivity contribution is 7.17. The highest BCUT2D eigenvalue weighted by atomic mass is 32.1. The van der Waals surface area contributed by atoms with Gasteiger partial charge in [-0.2, -0.15) is 4.57 Å². The first-order valence-corrected chi connectivity index (χ1v) is 9.86. The van der Waals surface area contributed by atoms with Crippen LogP contribution >= 0.6 is 11.3 Å². The van der Waals surface area contributed by atoms with E-state index in [2.05, 4.69) is 5.32 Å². The zero-order valence-corrected chi connectivity index (χ0v) is 16.3. The average Bonchev–Trinajstić information content (AvgIpc) is 2.94. The van der Waals surface area contributed by atoms with E-state index in [4.69, 9.17) is 4.74 Å². The summed E-state index contributed by atoms with van der Waals surface area (Å²) in [4.78, 5) is 26.3. The Morgan fingerprint density at radius 1 is 1.23 bits per heavy atom. The fourth-order valence-electron chi connectivity index (χ4n) is 3.11. The summed E-state index contributed by atoms with van der Waals surface area (Å²) in [6, 6.07) is 3.92. The summed E-state index contributed by atoms with van der Waals surface area (Å²) >= 11 is 1.52. The van der Waals surface area contributed by atoms with Gasteiger partial charge in [0.2, 0.25) is 6.54 Å². The van der Waals surface area contributed by atoms with Gasteiger partial charge in [0.25, 0.3) is 5.91 Å². The van der Waals surface area contributed by atoms with Crippen LogP contribution in [0.1, 0.15) is 53.1 Å². The Labute approximate surface area is 158 Å². The number of anilines is 1. The van der Waals surface area contributed by atoms with Crippen LogP contribution in [-0.2, 0) is 28.9 Å². The van der Waals surface area contributed by atoms with E-state index < -0.39 is 0 Å². The first kappa shape index (κ1) is 18.6. The second-order valence-electron chi connectivity index (χ2n) is 6.97. The van der Waals surface area contributed by atoms with E-state index in [9.17, 15) is 9.59 Å². The third-order valence-electron chi connectivity index (χ3n) is 4.36. The van der Waals surface area contributed by atoms with Crippen molar-refractivity contribution in [3.8, 4) is 0 Å². The van der Waals surface area contributed by atoms with Crippen LogP contribution in [0, 0.1) is 6.92 Å². The molecule has 0 aromatic carbocycles. The van der Waals surface area contributed by atoms with E-state index in [0.29, 0.717) is 10.6 Å². The highest BCUT2D eigenvalue weighted by Gasteiger charge is 2.28. The number of ether oxygens (including phenoxy) is 1. The molecule has 2 aromatic heterocycles. The van der Waals surface area contributed by atoms with Crippen LogP contribution in [0.15, 0.2) is 24.5 Å². The number of nitrogens with zero attached hydrogens (tertiary/aromatic N) is 1. The molecule has 1 amide bonds. The summed E-state index contributed by atoms with van der Waals surface area (Å²) in [7, 11) is 0. The van der Waals surface area contributed by atoms with Crippen molar-refractivity contribution in [2.24, 2.45) is 0 Å². The highest BCUT2D eigenvalue weighted by Crippen LogP contribution is 2.38. The minimum absolute atomic E-state index is 0.143. The van der Waals surface area contributed by atoms with Crippen LogP contribution in [0.5, 0.6) is 0 Å². The predicted octanol–water partition coefficient (Wildman–Crippen LogP) is 3.43. The van der Waals surface area contributed by atoms with E-state index in [1.54, 1.807) is 0 Å². The Bertz CT molecular complexity index is 809. The number of carbonyl (C=O) groups excluding carboxylic acids is 2. The molecular weight excluding hydrogens is 348 g/mol. The number of fused-ring (bicyclic) bond motifs is 1. The largest absolute Gasteiger partial charge is 0.459 e. The Kier molecular flexibility index (Phi) is 5.71. The molecular formula is C20H25N2O3S+. The van der Waals surface area contributed by atoms with E-state index in [1.165, 1.54) is 16.2 Å². The maximum atomic E-state index is 12.6. The molecule has 26 heavy (non-hydrogen) atoms. The standard InChI is InChI=1S/C20H24N2O3S/c1-13(2)25-20(24)18-15-6-4-5-7-16(15)26-19(18)21-17(23)12-22-10-8-14(3)9-11-22/h8-11,13H,4-7,12H2,1-3H3/p+1. The summed E-state index contributed by atoms with van der Waals surface area (Å²) in [5.41, 5.74) is 2.76. The van der Waals surface area contributed by atoms with Gasteiger partial charge in [-0.05, 0) is 57.6 Å². The van der Waals surface area contributed by atoms with Crippen molar-refractivity contribution in [1.29, 1.82) is 0 Å². The number of carbonyl (C=O) groups is 2. The van der Waals surface area contributed by atoms with Gasteiger partial charge >= 0.3 is 5.97 Å². The van der Waals surface area contributed by atoms with E-state index in [-0.39, 0.29) is 24.5 Å². The number of aryl methyl sites for hydroxylation is 2. The summed E-state index contributed by atoms with van der Waals surface area (Å²) < 4.78 is 7.25. The van der Waals surface area contributed by atoms with Crippen LogP contribution < -0.4 is 9.88 Å². The molecule has 2 aromatic rings. The minimum atomic E-state index is -0.335. The monoisotopic (exact) mass is 373 g/mol. The minimum Gasteiger partial charge on any atom is -0.459 e. The summed E-state index contributed by atoms with van der Waals surface area (Å²) in [5.74, 6) is -0.478. The van der Waals surface area contributed by atoms with Crippen molar-refractivity contribution in [2.75, 3.05) is 5.32 Å². The molecule has 0 saturated heterocycles. The van der Waals surface area contributed by atoms with Gasteiger partial charge in [0.15, 0.2) is 12.4 Å². The van der Waals surface area contributed by atoms with Crippen molar-refractivity contribution in [3.63, 3.8) is 0 Å². The Morgan fingerprint density at radius 3 is 2.62 bits per heavy atom. The topological polar surface area (TPSA) is 59.3 Å². The molecule has 1 aliphatic carbocycles. The van der Waals surface area contributed by atoms with Crippen molar-refractivity contribution in [1.82, 2.24) is 0 Å². The normalized spacial score (nSPS) is 13.4. The average molecular weight is 373 g/mol. The molecule has 2 heterocycles. The Hall–Kier alpha value is -2.21. The molecule has 1 N–H and O–H groups in total. The van der Waals surface area contributed by atoms with Gasteiger partial charge in [-0.3, -0.25) is 4.79 Å². The van der Waals surface area contributed by atoms with Crippen molar-refractivity contribution in [2.45, 2.75) is 59.1 Å². The lowest BCUT2D eigenvalue weighted by Crippen LogP contribution is -2.39. The second-order valence-corrected chi connectivity index (χ2v) is 8.07. The van der Waals surface area contributed by atoms with Crippen LogP contribution in [-0.4, -0.2) is 18.0 Å². The molecule has 0 aliphatic heterocycles. The molecule has 0 spiro atoms. The lowest BCUT2D eigenvalue weighted by atomic mass is 9.95. The smallest absolute Gasteiger partial charge is 0.341 e. The molecule has 6 heteroatoms. The van der Waals surface area contributed by atoms with Crippen LogP contribution in [0.4, 0.5) is 5.00 Å². The van der Waals surface area contributed by atoms with Crippen molar-refractivity contribution >= 4 is 28.2 Å². The lowest BCUT2D eigenvalue weighted by molar-refractivity contribution is -0.684. The van der Waals surface area contributed by atoms with Gasteiger partial charge in [0, 0.05) is 17.0 Å². The fourth-order valence-corrected chi connectivity index (χ4v) is 4.41. The summed E-state index contributed by atoms with van der Waals surface area (Å²) in [5, 5.41) is 3.57. The third kappa shape index (κ3) is 4.30. The zero-order valence-electron chi connectivity index (χ0n) is 15.5. The number of pyridine rings is 1. The second kappa shape index (κ2) is 7.99. The zero-order chi connectivity index (χ0) is 18.7. The first-order valence-electron chi connectivity index (χ1n) is 9.05. The van der Waals surface area contributed by atoms with Gasteiger partial charge in [0.1, 0.15) is 5.00 Å². The Balaban J connectivity index is 1.81. The summed E-state index contributed by atoms with van der Waals surface area (Å²) in [6.07, 6.45) is 7.59. The van der Waals surface area contributed by atoms with E-state index in [0.717, 1.165) is 36.8 Å². The third-order valence-corrected chi connectivity index (χ3v) is 5.56. The number of aromatic nitrogens is 1. The molecule has 1 aliphatic rings. The van der Waals surface area contributed by atoms with Gasteiger partial charge in [-0.1, -0.05) is 0 Å². The fraction of sp³-hybridized carbons (Fsp3) is 0.450. The predicted molar refractivity (Wildman–Crippen MR) is 102 cm³/mol. The number of hydrogen-bond acceptors (Lipinski definition) is 4. The summed E-state index contributed by atoms with van der Waals surface area (Å²) in [6.45, 7) is 5.89. The number of nitrogens with one attached hydrogen (secondary N) is 1. The Morgan fingerprint density at radius 2 is 1.92 bits per heavy atom. The quantitative estimate of drug-likeness (QED) is 0.645. The van der Waals surface area contributed by atoms with Gasteiger partial charge in [-0.15, -0.1) is 11.3 Å². The van der Waals surface area contributed by atoms with Crippen molar-refractivity contribution < 1.29 is 18.9 Å². The number of esters is 1. The molecule has 0 bridgehead atoms. The first-order chi connectivity index (χ1) is 12.4. The van der Waals surface area contributed by atoms with Crippen LogP contribution in [0.25, 0.3) is 0 Å². The molecule has 138 valence electrons. The molecule has 0 unspecified atom stereocenters. The molecule has 0 fully saturated rings. The number of hydrogen-bond donors (Lipinski definition) is 1. The van der Waals surface area contributed by atoms with Gasteiger partial charge in [0.05, 0.1) is 11.7 Å². The maximum Gasteiger partial charge on any atom is 0.341 e. The van der Waals surface area contributed by atoms with Crippen molar-refractivity contribution in [3.05, 3.63) is 46.1 Å². The molecule has 0 radical (unpaired) electrons. The SMILES string of the molecule is Cc1cc[n+](CC(=O)Nc2sc3c(c2C(=O)OC(C)C)CCCC3)cc1. The van der Waals surface area contributed by atoms with Gasteiger partial charge < -0.3 is 10.1 Å². The molecule has 0 atom stereocenters. The maximum absolute atomic E-state index is 12.6.